The minimum Gasteiger partial charge on any atom is -0.357 e. The number of alkyl halides is 3. The zero-order valence-electron chi connectivity index (χ0n) is 21.5. The number of hydrogen-bond donors (Lipinski definition) is 1. The monoisotopic (exact) mass is 659 g/mol. The number of benzene rings is 3. The number of sulfonamides is 1. The van der Waals surface area contributed by atoms with Gasteiger partial charge in [0.05, 0.1) is 22.5 Å². The summed E-state index contributed by atoms with van der Waals surface area (Å²) in [5, 5.41) is 1.93. The molecule has 0 saturated heterocycles. The first-order chi connectivity index (χ1) is 18.7. The summed E-state index contributed by atoms with van der Waals surface area (Å²) in [6.07, 6.45) is -3.96. The van der Waals surface area contributed by atoms with Crippen molar-refractivity contribution in [2.75, 3.05) is 24.2 Å². The van der Waals surface area contributed by atoms with Crippen LogP contribution in [0, 0.1) is 0 Å². The zero-order valence-corrected chi connectivity index (χ0v) is 24.6. The summed E-state index contributed by atoms with van der Waals surface area (Å²) in [4.78, 5) is 28.1. The molecule has 3 aromatic rings. The third-order valence-electron chi connectivity index (χ3n) is 6.01. The summed E-state index contributed by atoms with van der Waals surface area (Å²) >= 11 is 9.06. The van der Waals surface area contributed by atoms with E-state index in [0.717, 1.165) is 28.4 Å². The highest BCUT2D eigenvalue weighted by Gasteiger charge is 2.36. The summed E-state index contributed by atoms with van der Waals surface area (Å²) in [5.74, 6) is -1.28. The quantitative estimate of drug-likeness (QED) is 0.321. The Hall–Kier alpha value is -3.09. The summed E-state index contributed by atoms with van der Waals surface area (Å²) in [7, 11) is -2.83. The molecule has 0 bridgehead atoms. The summed E-state index contributed by atoms with van der Waals surface area (Å²) in [6.45, 7) is -0.917. The lowest BCUT2D eigenvalue weighted by Gasteiger charge is -2.33. The van der Waals surface area contributed by atoms with E-state index in [1.807, 2.05) is 0 Å². The molecule has 0 aromatic heterocycles. The first kappa shape index (κ1) is 31.4. The van der Waals surface area contributed by atoms with Gasteiger partial charge in [-0.25, -0.2) is 8.42 Å². The van der Waals surface area contributed by atoms with Crippen LogP contribution in [0.25, 0.3) is 0 Å². The molecule has 0 unspecified atom stereocenters. The zero-order chi connectivity index (χ0) is 29.7. The SMILES string of the molecule is CNC(=O)[C@H](Cc1ccccc1)N(Cc1ccc(Br)cc1)C(=O)CN(c1ccc(Cl)c(C(F)(F)F)c1)S(C)(=O)=O. The van der Waals surface area contributed by atoms with Crippen LogP contribution in [-0.4, -0.2) is 51.0 Å². The molecule has 0 radical (unpaired) electrons. The number of anilines is 1. The van der Waals surface area contributed by atoms with Crippen LogP contribution in [0.2, 0.25) is 5.02 Å². The Morgan fingerprint density at radius 3 is 2.17 bits per heavy atom. The summed E-state index contributed by atoms with van der Waals surface area (Å²) in [6, 6.07) is 17.4. The molecule has 3 rings (SSSR count). The molecular formula is C27H26BrClF3N3O4S. The number of nitrogens with one attached hydrogen (secondary N) is 1. The molecule has 0 aliphatic heterocycles. The maximum absolute atomic E-state index is 13.8. The fourth-order valence-electron chi connectivity index (χ4n) is 4.01. The smallest absolute Gasteiger partial charge is 0.357 e. The van der Waals surface area contributed by atoms with E-state index in [9.17, 15) is 31.2 Å². The van der Waals surface area contributed by atoms with Gasteiger partial charge in [0.15, 0.2) is 0 Å². The standard InChI is InChI=1S/C27H26BrClF3N3O4S/c1-33-26(37)24(14-18-6-4-3-5-7-18)34(16-19-8-10-20(28)11-9-19)25(36)17-35(40(2,38)39)21-12-13-23(29)22(15-21)27(30,31)32/h3-13,15,24H,14,16-17H2,1-2H3,(H,33,37)/t24-/m0/s1. The number of carbonyl (C=O) groups is 2. The molecule has 0 fully saturated rings. The second kappa shape index (κ2) is 13.0. The van der Waals surface area contributed by atoms with Crippen molar-refractivity contribution in [3.63, 3.8) is 0 Å². The Bertz CT molecular complexity index is 1460. The average molecular weight is 661 g/mol. The minimum absolute atomic E-state index is 0.0664. The molecule has 1 N–H and O–H groups in total. The molecule has 0 aliphatic carbocycles. The van der Waals surface area contributed by atoms with Gasteiger partial charge in [-0.2, -0.15) is 13.2 Å². The van der Waals surface area contributed by atoms with E-state index in [1.54, 1.807) is 54.6 Å². The molecular weight excluding hydrogens is 635 g/mol. The molecule has 0 aliphatic rings. The Balaban J connectivity index is 2.06. The van der Waals surface area contributed by atoms with Crippen LogP contribution in [0.3, 0.4) is 0 Å². The largest absolute Gasteiger partial charge is 0.417 e. The molecule has 0 saturated carbocycles. The van der Waals surface area contributed by atoms with Crippen LogP contribution in [0.4, 0.5) is 18.9 Å². The lowest BCUT2D eigenvalue weighted by atomic mass is 10.0. The minimum atomic E-state index is -4.85. The Labute approximate surface area is 244 Å². The number of carbonyl (C=O) groups excluding carboxylic acids is 2. The molecule has 1 atom stereocenters. The fourth-order valence-corrected chi connectivity index (χ4v) is 5.34. The highest BCUT2D eigenvalue weighted by molar-refractivity contribution is 9.10. The van der Waals surface area contributed by atoms with Crippen molar-refractivity contribution in [2.45, 2.75) is 25.2 Å². The molecule has 0 heterocycles. The maximum Gasteiger partial charge on any atom is 0.417 e. The normalized spacial score (nSPS) is 12.5. The van der Waals surface area contributed by atoms with Crippen molar-refractivity contribution in [3.8, 4) is 0 Å². The van der Waals surface area contributed by atoms with E-state index in [-0.39, 0.29) is 13.0 Å². The predicted molar refractivity (Wildman–Crippen MR) is 151 cm³/mol. The molecule has 40 heavy (non-hydrogen) atoms. The molecule has 0 spiro atoms. The van der Waals surface area contributed by atoms with Crippen molar-refractivity contribution >= 4 is 55.1 Å². The lowest BCUT2D eigenvalue weighted by molar-refractivity contribution is -0.139. The van der Waals surface area contributed by atoms with Gasteiger partial charge in [0, 0.05) is 24.5 Å². The lowest BCUT2D eigenvalue weighted by Crippen LogP contribution is -2.52. The van der Waals surface area contributed by atoms with Gasteiger partial charge in [0.2, 0.25) is 21.8 Å². The van der Waals surface area contributed by atoms with Crippen LogP contribution in [0.15, 0.2) is 77.3 Å². The van der Waals surface area contributed by atoms with Gasteiger partial charge in [-0.05, 0) is 41.5 Å². The predicted octanol–water partition coefficient (Wildman–Crippen LogP) is 5.27. The van der Waals surface area contributed by atoms with Crippen LogP contribution in [0.5, 0.6) is 0 Å². The molecule has 3 aromatic carbocycles. The molecule has 214 valence electrons. The number of amides is 2. The van der Waals surface area contributed by atoms with E-state index in [4.69, 9.17) is 11.6 Å². The van der Waals surface area contributed by atoms with E-state index >= 15 is 0 Å². The third-order valence-corrected chi connectivity index (χ3v) is 8.01. The Kier molecular flexibility index (Phi) is 10.3. The van der Waals surface area contributed by atoms with E-state index in [2.05, 4.69) is 21.2 Å². The average Bonchev–Trinajstić information content (AvgIpc) is 2.89. The third kappa shape index (κ3) is 8.21. The van der Waals surface area contributed by atoms with Gasteiger partial charge in [-0.1, -0.05) is 70.0 Å². The second-order valence-electron chi connectivity index (χ2n) is 8.90. The first-order valence-corrected chi connectivity index (χ1v) is 14.9. The number of likely N-dealkylation sites (N-methyl/N-ethyl adjacent to an activating group) is 1. The second-order valence-corrected chi connectivity index (χ2v) is 12.1. The van der Waals surface area contributed by atoms with Gasteiger partial charge in [-0.15, -0.1) is 0 Å². The van der Waals surface area contributed by atoms with E-state index in [1.165, 1.54) is 11.9 Å². The number of nitrogens with zero attached hydrogens (tertiary/aromatic N) is 2. The fraction of sp³-hybridized carbons (Fsp3) is 0.259. The van der Waals surface area contributed by atoms with Crippen LogP contribution < -0.4 is 9.62 Å². The van der Waals surface area contributed by atoms with Gasteiger partial charge >= 0.3 is 6.18 Å². The topological polar surface area (TPSA) is 86.8 Å². The molecule has 2 amide bonds. The molecule has 13 heteroatoms. The van der Waals surface area contributed by atoms with Gasteiger partial charge < -0.3 is 10.2 Å². The highest BCUT2D eigenvalue weighted by Crippen LogP contribution is 2.37. The van der Waals surface area contributed by atoms with Crippen LogP contribution in [-0.2, 0) is 38.8 Å². The summed E-state index contributed by atoms with van der Waals surface area (Å²) < 4.78 is 67.4. The van der Waals surface area contributed by atoms with Gasteiger partial charge in [-0.3, -0.25) is 13.9 Å². The Morgan fingerprint density at radius 2 is 1.62 bits per heavy atom. The number of hydrogen-bond acceptors (Lipinski definition) is 4. The summed E-state index contributed by atoms with van der Waals surface area (Å²) in [5.41, 5.74) is -0.241. The van der Waals surface area contributed by atoms with Crippen molar-refractivity contribution in [3.05, 3.63) is 99.0 Å². The maximum atomic E-state index is 13.8. The van der Waals surface area contributed by atoms with E-state index in [0.29, 0.717) is 15.9 Å². The van der Waals surface area contributed by atoms with Gasteiger partial charge in [0.25, 0.3) is 0 Å². The molecule has 7 nitrogen and oxygen atoms in total. The number of halogens is 5. The van der Waals surface area contributed by atoms with Crippen LogP contribution in [0.1, 0.15) is 16.7 Å². The number of rotatable bonds is 10. The van der Waals surface area contributed by atoms with Crippen molar-refractivity contribution < 1.29 is 31.2 Å². The van der Waals surface area contributed by atoms with Crippen LogP contribution >= 0.6 is 27.5 Å². The van der Waals surface area contributed by atoms with Crippen molar-refractivity contribution in [1.82, 2.24) is 10.2 Å². The first-order valence-electron chi connectivity index (χ1n) is 11.8. The van der Waals surface area contributed by atoms with Gasteiger partial charge in [0.1, 0.15) is 12.6 Å². The van der Waals surface area contributed by atoms with Crippen molar-refractivity contribution in [2.24, 2.45) is 0 Å². The Morgan fingerprint density at radius 1 is 1.00 bits per heavy atom. The highest BCUT2D eigenvalue weighted by atomic mass is 79.9. The van der Waals surface area contributed by atoms with Crippen molar-refractivity contribution in [1.29, 1.82) is 0 Å². The van der Waals surface area contributed by atoms with E-state index < -0.39 is 56.9 Å².